The number of nitrogens with zero attached hydrogens (tertiary/aromatic N) is 1. The van der Waals surface area contributed by atoms with Gasteiger partial charge in [-0.15, -0.1) is 0 Å². The Balaban J connectivity index is 2.74. The minimum atomic E-state index is -1.21. The SMILES string of the molecule is O=C(O)C1=CC=NC(C(=O)O)N1. The minimum absolute atomic E-state index is 0.169. The van der Waals surface area contributed by atoms with Gasteiger partial charge in [0.15, 0.2) is 0 Å². The van der Waals surface area contributed by atoms with Gasteiger partial charge in [0.1, 0.15) is 5.70 Å². The predicted molar refractivity (Wildman–Crippen MR) is 38.8 cm³/mol. The second-order valence-electron chi connectivity index (χ2n) is 2.07. The number of allylic oxidation sites excluding steroid dienone is 1. The molecule has 0 saturated heterocycles. The van der Waals surface area contributed by atoms with Crippen LogP contribution in [0.25, 0.3) is 0 Å². The van der Waals surface area contributed by atoms with Gasteiger partial charge in [-0.1, -0.05) is 0 Å². The second kappa shape index (κ2) is 3.04. The second-order valence-corrected chi connectivity index (χ2v) is 2.07. The summed E-state index contributed by atoms with van der Waals surface area (Å²) >= 11 is 0. The fraction of sp³-hybridized carbons (Fsp3) is 0.167. The zero-order valence-electron chi connectivity index (χ0n) is 5.89. The van der Waals surface area contributed by atoms with Gasteiger partial charge in [0.2, 0.25) is 6.17 Å². The van der Waals surface area contributed by atoms with Crippen LogP contribution in [-0.4, -0.2) is 34.5 Å². The summed E-state index contributed by atoms with van der Waals surface area (Å²) in [6.45, 7) is 0. The van der Waals surface area contributed by atoms with E-state index in [2.05, 4.69) is 10.3 Å². The van der Waals surface area contributed by atoms with Gasteiger partial charge < -0.3 is 15.5 Å². The van der Waals surface area contributed by atoms with E-state index in [4.69, 9.17) is 10.2 Å². The highest BCUT2D eigenvalue weighted by Crippen LogP contribution is 1.99. The third-order valence-corrected chi connectivity index (χ3v) is 1.23. The van der Waals surface area contributed by atoms with E-state index in [-0.39, 0.29) is 5.70 Å². The van der Waals surface area contributed by atoms with Crippen LogP contribution in [-0.2, 0) is 9.59 Å². The van der Waals surface area contributed by atoms with E-state index in [9.17, 15) is 9.59 Å². The fourth-order valence-corrected chi connectivity index (χ4v) is 0.695. The fourth-order valence-electron chi connectivity index (χ4n) is 0.695. The van der Waals surface area contributed by atoms with E-state index in [0.29, 0.717) is 0 Å². The largest absolute Gasteiger partial charge is 0.478 e. The van der Waals surface area contributed by atoms with Gasteiger partial charge >= 0.3 is 11.9 Å². The quantitative estimate of drug-likeness (QED) is 0.495. The highest BCUT2D eigenvalue weighted by atomic mass is 16.4. The van der Waals surface area contributed by atoms with Crippen molar-refractivity contribution in [3.8, 4) is 0 Å². The molecule has 1 unspecified atom stereocenters. The number of hydrogen-bond donors (Lipinski definition) is 3. The lowest BCUT2D eigenvalue weighted by Crippen LogP contribution is -2.38. The van der Waals surface area contributed by atoms with Crippen molar-refractivity contribution in [2.45, 2.75) is 6.17 Å². The summed E-state index contributed by atoms with van der Waals surface area (Å²) in [5, 5.41) is 19.1. The van der Waals surface area contributed by atoms with Crippen molar-refractivity contribution < 1.29 is 19.8 Å². The van der Waals surface area contributed by atoms with E-state index in [1.165, 1.54) is 6.08 Å². The molecule has 0 aromatic rings. The van der Waals surface area contributed by atoms with E-state index < -0.39 is 18.1 Å². The van der Waals surface area contributed by atoms with Crippen LogP contribution in [0.5, 0.6) is 0 Å². The van der Waals surface area contributed by atoms with Crippen LogP contribution >= 0.6 is 0 Å². The van der Waals surface area contributed by atoms with Crippen LogP contribution in [0.3, 0.4) is 0 Å². The van der Waals surface area contributed by atoms with Gasteiger partial charge in [0, 0.05) is 6.21 Å². The van der Waals surface area contributed by atoms with Crippen molar-refractivity contribution in [1.82, 2.24) is 5.32 Å². The molecule has 12 heavy (non-hydrogen) atoms. The van der Waals surface area contributed by atoms with Crippen LogP contribution in [0.1, 0.15) is 0 Å². The maximum atomic E-state index is 10.3. The standard InChI is InChI=1S/C6H6N2O4/c9-5(10)3-1-2-7-4(8-3)6(11)12/h1-2,4,8H,(H,9,10)(H,11,12). The predicted octanol–water partition coefficient (Wildman–Crippen LogP) is -0.960. The lowest BCUT2D eigenvalue weighted by molar-refractivity contribution is -0.139. The number of aliphatic imine (C=N–C) groups is 1. The third kappa shape index (κ3) is 1.60. The first-order valence-corrected chi connectivity index (χ1v) is 3.07. The number of carboxylic acid groups (broad SMARTS) is 2. The molecule has 0 amide bonds. The number of rotatable bonds is 2. The zero-order chi connectivity index (χ0) is 9.14. The van der Waals surface area contributed by atoms with Gasteiger partial charge in [0.25, 0.3) is 0 Å². The first-order chi connectivity index (χ1) is 5.61. The molecule has 0 aliphatic carbocycles. The molecule has 0 aromatic heterocycles. The van der Waals surface area contributed by atoms with Gasteiger partial charge in [0.05, 0.1) is 0 Å². The van der Waals surface area contributed by atoms with E-state index in [0.717, 1.165) is 6.21 Å². The zero-order valence-corrected chi connectivity index (χ0v) is 5.89. The Morgan fingerprint density at radius 3 is 2.67 bits per heavy atom. The van der Waals surface area contributed by atoms with Crippen LogP contribution in [0.2, 0.25) is 0 Å². The van der Waals surface area contributed by atoms with Crippen molar-refractivity contribution in [3.05, 3.63) is 11.8 Å². The molecule has 1 aliphatic heterocycles. The van der Waals surface area contributed by atoms with Gasteiger partial charge in [-0.3, -0.25) is 4.99 Å². The smallest absolute Gasteiger partial charge is 0.352 e. The third-order valence-electron chi connectivity index (χ3n) is 1.23. The molecule has 1 aliphatic rings. The normalized spacial score (nSPS) is 21.0. The van der Waals surface area contributed by atoms with Crippen molar-refractivity contribution in [2.24, 2.45) is 4.99 Å². The molecule has 0 saturated carbocycles. The maximum absolute atomic E-state index is 10.3. The van der Waals surface area contributed by atoms with Crippen molar-refractivity contribution in [2.75, 3.05) is 0 Å². The molecule has 0 aromatic carbocycles. The molecule has 6 heteroatoms. The Morgan fingerprint density at radius 1 is 1.50 bits per heavy atom. The van der Waals surface area contributed by atoms with Crippen molar-refractivity contribution >= 4 is 18.2 Å². The van der Waals surface area contributed by atoms with Crippen molar-refractivity contribution in [1.29, 1.82) is 0 Å². The molecular weight excluding hydrogens is 164 g/mol. The Kier molecular flexibility index (Phi) is 2.09. The molecule has 0 radical (unpaired) electrons. The molecule has 1 heterocycles. The lowest BCUT2D eigenvalue weighted by Gasteiger charge is -2.13. The molecule has 64 valence electrons. The molecule has 0 spiro atoms. The van der Waals surface area contributed by atoms with E-state index in [1.807, 2.05) is 0 Å². The molecule has 6 nitrogen and oxygen atoms in total. The number of carboxylic acids is 2. The van der Waals surface area contributed by atoms with Gasteiger partial charge in [-0.25, -0.2) is 9.59 Å². The van der Waals surface area contributed by atoms with Gasteiger partial charge in [-0.05, 0) is 6.08 Å². The molecule has 0 fully saturated rings. The Labute approximate surface area is 67.2 Å². The summed E-state index contributed by atoms with van der Waals surface area (Å²) < 4.78 is 0. The summed E-state index contributed by atoms with van der Waals surface area (Å²) in [5.74, 6) is -2.41. The van der Waals surface area contributed by atoms with Crippen LogP contribution in [0, 0.1) is 0 Å². The Bertz CT molecular complexity index is 281. The first-order valence-electron chi connectivity index (χ1n) is 3.07. The molecule has 1 rings (SSSR count). The summed E-state index contributed by atoms with van der Waals surface area (Å²) in [5.41, 5.74) is -0.169. The maximum Gasteiger partial charge on any atom is 0.352 e. The average molecular weight is 170 g/mol. The Hall–Kier alpha value is -1.85. The number of hydrogen-bond acceptors (Lipinski definition) is 4. The summed E-state index contributed by atoms with van der Waals surface area (Å²) in [4.78, 5) is 24.1. The minimum Gasteiger partial charge on any atom is -0.478 e. The highest BCUT2D eigenvalue weighted by molar-refractivity contribution is 5.94. The Morgan fingerprint density at radius 2 is 2.17 bits per heavy atom. The molecule has 3 N–H and O–H groups in total. The lowest BCUT2D eigenvalue weighted by atomic mass is 10.3. The highest BCUT2D eigenvalue weighted by Gasteiger charge is 2.21. The first kappa shape index (κ1) is 8.25. The summed E-state index contributed by atoms with van der Waals surface area (Å²) in [6.07, 6.45) is 1.15. The number of nitrogens with one attached hydrogen (secondary N) is 1. The van der Waals surface area contributed by atoms with Crippen LogP contribution in [0.4, 0.5) is 0 Å². The van der Waals surface area contributed by atoms with Crippen LogP contribution in [0.15, 0.2) is 16.8 Å². The number of carbonyl (C=O) groups is 2. The van der Waals surface area contributed by atoms with Crippen LogP contribution < -0.4 is 5.32 Å². The summed E-state index contributed by atoms with van der Waals surface area (Å²) in [7, 11) is 0. The molecular formula is C6H6N2O4. The molecule has 0 bridgehead atoms. The van der Waals surface area contributed by atoms with E-state index >= 15 is 0 Å². The molecule has 1 atom stereocenters. The van der Waals surface area contributed by atoms with E-state index in [1.54, 1.807) is 0 Å². The topological polar surface area (TPSA) is 99.0 Å². The van der Waals surface area contributed by atoms with Gasteiger partial charge in [-0.2, -0.15) is 0 Å². The van der Waals surface area contributed by atoms with Crippen molar-refractivity contribution in [3.63, 3.8) is 0 Å². The average Bonchev–Trinajstić information content (AvgIpc) is 2.04. The monoisotopic (exact) mass is 170 g/mol. The summed E-state index contributed by atoms with van der Waals surface area (Å²) in [6, 6.07) is 0. The number of aliphatic carboxylic acids is 2.